The Morgan fingerprint density at radius 1 is 0.841 bits per heavy atom. The zero-order valence-corrected chi connectivity index (χ0v) is 35.7. The van der Waals surface area contributed by atoms with Crippen LogP contribution in [0.5, 0.6) is 11.5 Å². The molecular weight excluding hydrogens is 799 g/mol. The number of likely N-dealkylation sites (tertiary alicyclic amines) is 2. The Hall–Kier alpha value is -5.93. The van der Waals surface area contributed by atoms with Crippen LogP contribution in [0.1, 0.15) is 62.0 Å². The number of aromatic hydroxyl groups is 1. The van der Waals surface area contributed by atoms with E-state index < -0.39 is 0 Å². The number of ether oxygens (including phenoxy) is 2. The average molecular weight is 856 g/mol. The molecule has 0 saturated carbocycles. The van der Waals surface area contributed by atoms with Crippen molar-refractivity contribution < 1.29 is 29.0 Å². The van der Waals surface area contributed by atoms with Crippen LogP contribution in [0.25, 0.3) is 11.3 Å². The molecule has 5 fully saturated rings. The molecule has 1 aromatic heterocycles. The fraction of sp³-hybridized carbons (Fsp3) is 0.479. The van der Waals surface area contributed by atoms with Gasteiger partial charge in [0.05, 0.1) is 43.2 Å². The fourth-order valence-corrected chi connectivity index (χ4v) is 10.9. The first kappa shape index (κ1) is 41.1. The van der Waals surface area contributed by atoms with E-state index in [9.17, 15) is 19.5 Å². The van der Waals surface area contributed by atoms with Gasteiger partial charge in [0, 0.05) is 75.0 Å². The summed E-state index contributed by atoms with van der Waals surface area (Å²) in [5.41, 5.74) is 13.4. The number of para-hydroxylation sites is 1. The molecule has 0 spiro atoms. The maximum Gasteiger partial charge on any atom is 0.249 e. The van der Waals surface area contributed by atoms with Gasteiger partial charge in [-0.05, 0) is 98.6 Å². The summed E-state index contributed by atoms with van der Waals surface area (Å²) in [6.45, 7) is 6.92. The molecule has 7 heterocycles. The standard InChI is InChI=1S/C48H57N9O6/c49-47-43(25-40(51-52-47)39-8-1-2-12-44(39)58)55-26-33-29-62-30-34(27-55)57(33)32-6-3-7-36(24-32)63-35-17-22-54(23-18-35)46(60)28-53-20-15-31(16-21-53)37-9-4-11-41-38(37)10-5-19-56(41)42-13-14-45(59)50-48(42)61/h1-4,6-9,11-12,24-25,31,33-35,42,58H,5,10,13-23,26-30H2,(H2,49,52)(H,50,59,61)/t33-,34?,42?/m1/s1. The van der Waals surface area contributed by atoms with Crippen molar-refractivity contribution in [2.75, 3.05) is 86.0 Å². The van der Waals surface area contributed by atoms with Crippen LogP contribution in [0, 0.1) is 0 Å². The second-order valence-electron chi connectivity index (χ2n) is 18.0. The number of piperazine rings is 1. The number of phenolic OH excluding ortho intramolecular Hbond substituents is 1. The molecule has 2 bridgehead atoms. The zero-order chi connectivity index (χ0) is 43.0. The van der Waals surface area contributed by atoms with Crippen molar-refractivity contribution in [2.45, 2.75) is 81.5 Å². The van der Waals surface area contributed by atoms with Gasteiger partial charge in [-0.2, -0.15) is 0 Å². The van der Waals surface area contributed by atoms with Crippen molar-refractivity contribution >= 4 is 40.6 Å². The van der Waals surface area contributed by atoms with Gasteiger partial charge < -0.3 is 39.9 Å². The lowest BCUT2D eigenvalue weighted by Crippen LogP contribution is -2.65. The molecule has 6 aliphatic rings. The monoisotopic (exact) mass is 855 g/mol. The number of hydrogen-bond donors (Lipinski definition) is 3. The lowest BCUT2D eigenvalue weighted by Gasteiger charge is -2.51. The highest BCUT2D eigenvalue weighted by Crippen LogP contribution is 2.40. The summed E-state index contributed by atoms with van der Waals surface area (Å²) >= 11 is 0. The maximum atomic E-state index is 13.6. The Kier molecular flexibility index (Phi) is 11.5. The van der Waals surface area contributed by atoms with Gasteiger partial charge in [0.2, 0.25) is 17.7 Å². The molecule has 3 amide bonds. The van der Waals surface area contributed by atoms with Gasteiger partial charge in [0.1, 0.15) is 23.6 Å². The highest BCUT2D eigenvalue weighted by atomic mass is 16.5. The molecule has 2 unspecified atom stereocenters. The van der Waals surface area contributed by atoms with Crippen molar-refractivity contribution in [1.82, 2.24) is 25.3 Å². The highest BCUT2D eigenvalue weighted by Gasteiger charge is 2.40. The van der Waals surface area contributed by atoms with Crippen LogP contribution in [0.4, 0.5) is 22.9 Å². The number of hydrogen-bond acceptors (Lipinski definition) is 13. The second-order valence-corrected chi connectivity index (χ2v) is 18.0. The van der Waals surface area contributed by atoms with Gasteiger partial charge in [0.15, 0.2) is 5.82 Å². The maximum absolute atomic E-state index is 13.6. The lowest BCUT2D eigenvalue weighted by atomic mass is 9.83. The SMILES string of the molecule is Nc1nnc(-c2ccccc2O)cc1N1CC2COC[C@@H](C1)N2c1cccc(OC2CCN(C(=O)CN3CCC(c4cccc5c4CCCN5C4CCC(=O)NC4=O)CC3)CC2)c1. The minimum Gasteiger partial charge on any atom is -0.507 e. The van der Waals surface area contributed by atoms with E-state index in [1.54, 1.807) is 12.1 Å². The van der Waals surface area contributed by atoms with E-state index in [-0.39, 0.29) is 47.7 Å². The summed E-state index contributed by atoms with van der Waals surface area (Å²) in [5, 5.41) is 21.6. The third-order valence-electron chi connectivity index (χ3n) is 14.1. The second kappa shape index (κ2) is 17.7. The minimum atomic E-state index is -0.297. The molecule has 63 heavy (non-hydrogen) atoms. The van der Waals surface area contributed by atoms with E-state index in [2.05, 4.69) is 71.5 Å². The van der Waals surface area contributed by atoms with Crippen LogP contribution in [-0.4, -0.2) is 133 Å². The van der Waals surface area contributed by atoms with Gasteiger partial charge in [0.25, 0.3) is 0 Å². The normalized spacial score (nSPS) is 23.7. The number of phenols is 1. The Balaban J connectivity index is 0.710. The molecule has 10 rings (SSSR count). The number of carbonyl (C=O) groups is 3. The number of amides is 3. The summed E-state index contributed by atoms with van der Waals surface area (Å²) < 4.78 is 12.7. The number of aromatic nitrogens is 2. The molecule has 0 aliphatic carbocycles. The Bertz CT molecular complexity index is 2330. The number of anilines is 4. The summed E-state index contributed by atoms with van der Waals surface area (Å²) in [5.74, 6) is 1.59. The Labute approximate surface area is 368 Å². The number of piperidine rings is 3. The minimum absolute atomic E-state index is 0.0304. The topological polar surface area (TPSA) is 170 Å². The molecule has 3 aromatic carbocycles. The number of fused-ring (bicyclic) bond motifs is 3. The number of imide groups is 1. The number of nitrogen functional groups attached to an aromatic ring is 1. The molecule has 330 valence electrons. The predicted molar refractivity (Wildman–Crippen MR) is 240 cm³/mol. The van der Waals surface area contributed by atoms with E-state index in [0.29, 0.717) is 81.8 Å². The van der Waals surface area contributed by atoms with Crippen molar-refractivity contribution in [3.8, 4) is 22.8 Å². The first-order chi connectivity index (χ1) is 30.8. The van der Waals surface area contributed by atoms with Gasteiger partial charge >= 0.3 is 0 Å². The highest BCUT2D eigenvalue weighted by molar-refractivity contribution is 6.01. The van der Waals surface area contributed by atoms with Crippen LogP contribution >= 0.6 is 0 Å². The van der Waals surface area contributed by atoms with Gasteiger partial charge in [-0.15, -0.1) is 10.2 Å². The summed E-state index contributed by atoms with van der Waals surface area (Å²) in [6.07, 6.45) is 6.54. The predicted octanol–water partition coefficient (Wildman–Crippen LogP) is 4.33. The number of carbonyl (C=O) groups excluding carboxylic acids is 3. The number of nitrogens with zero attached hydrogens (tertiary/aromatic N) is 7. The Morgan fingerprint density at radius 3 is 2.40 bits per heavy atom. The molecular formula is C48H57N9O6. The molecule has 0 radical (unpaired) electrons. The first-order valence-electron chi connectivity index (χ1n) is 22.8. The summed E-state index contributed by atoms with van der Waals surface area (Å²) in [4.78, 5) is 49.5. The molecule has 3 atom stereocenters. The van der Waals surface area contributed by atoms with Crippen LogP contribution in [0.15, 0.2) is 72.8 Å². The van der Waals surface area contributed by atoms with Crippen molar-refractivity contribution in [2.24, 2.45) is 0 Å². The lowest BCUT2D eigenvalue weighted by molar-refractivity contribution is -0.135. The zero-order valence-electron chi connectivity index (χ0n) is 35.7. The van der Waals surface area contributed by atoms with Crippen molar-refractivity contribution in [3.05, 3.63) is 83.9 Å². The number of morpholine rings is 1. The van der Waals surface area contributed by atoms with E-state index in [0.717, 1.165) is 81.0 Å². The van der Waals surface area contributed by atoms with Crippen LogP contribution in [0.3, 0.4) is 0 Å². The number of rotatable bonds is 9. The molecule has 4 N–H and O–H groups in total. The third-order valence-corrected chi connectivity index (χ3v) is 14.1. The molecule has 15 nitrogen and oxygen atoms in total. The van der Waals surface area contributed by atoms with Crippen LogP contribution < -0.4 is 30.5 Å². The van der Waals surface area contributed by atoms with E-state index >= 15 is 0 Å². The van der Waals surface area contributed by atoms with Gasteiger partial charge in [-0.3, -0.25) is 24.6 Å². The van der Waals surface area contributed by atoms with E-state index in [4.69, 9.17) is 15.2 Å². The number of nitrogens with one attached hydrogen (secondary N) is 1. The largest absolute Gasteiger partial charge is 0.507 e. The van der Waals surface area contributed by atoms with Crippen molar-refractivity contribution in [1.29, 1.82) is 0 Å². The van der Waals surface area contributed by atoms with E-state index in [1.165, 1.54) is 11.1 Å². The van der Waals surface area contributed by atoms with Gasteiger partial charge in [-0.1, -0.05) is 30.3 Å². The molecule has 5 saturated heterocycles. The smallest absolute Gasteiger partial charge is 0.249 e. The number of nitrogens with two attached hydrogens (primary N) is 1. The first-order valence-corrected chi connectivity index (χ1v) is 22.8. The summed E-state index contributed by atoms with van der Waals surface area (Å²) in [7, 11) is 0. The molecule has 6 aliphatic heterocycles. The van der Waals surface area contributed by atoms with Crippen LogP contribution in [-0.2, 0) is 25.5 Å². The number of benzene rings is 3. The molecule has 4 aromatic rings. The quantitative estimate of drug-likeness (QED) is 0.204. The summed E-state index contributed by atoms with van der Waals surface area (Å²) in [6, 6.07) is 23.8. The Morgan fingerprint density at radius 2 is 1.62 bits per heavy atom. The van der Waals surface area contributed by atoms with Crippen molar-refractivity contribution in [3.63, 3.8) is 0 Å². The fourth-order valence-electron chi connectivity index (χ4n) is 10.9. The molecule has 15 heteroatoms. The average Bonchev–Trinajstić information content (AvgIpc) is 3.29. The van der Waals surface area contributed by atoms with Crippen LogP contribution in [0.2, 0.25) is 0 Å². The third kappa shape index (κ3) is 8.48. The van der Waals surface area contributed by atoms with Gasteiger partial charge in [-0.25, -0.2) is 0 Å². The van der Waals surface area contributed by atoms with E-state index in [1.807, 2.05) is 29.2 Å².